The van der Waals surface area contributed by atoms with Gasteiger partial charge < -0.3 is 33.8 Å². The van der Waals surface area contributed by atoms with Crippen LogP contribution in [0.2, 0.25) is 0 Å². The van der Waals surface area contributed by atoms with Crippen molar-refractivity contribution in [1.82, 2.24) is 0 Å². The monoisotopic (exact) mass is 1440 g/mol. The second-order valence-corrected chi connectivity index (χ2v) is 32.6. The molecule has 3 N–H and O–H groups in total. The third kappa shape index (κ3) is 71.1. The van der Waals surface area contributed by atoms with Crippen LogP contribution in [0.5, 0.6) is 0 Å². The fraction of sp³-hybridized carbons (Fsp3) is 0.949. The van der Waals surface area contributed by atoms with E-state index in [1.165, 1.54) is 218 Å². The summed E-state index contributed by atoms with van der Waals surface area (Å²) >= 11 is 0. The van der Waals surface area contributed by atoms with E-state index >= 15 is 0 Å². The highest BCUT2D eigenvalue weighted by Gasteiger charge is 2.30. The molecule has 0 aliphatic heterocycles. The Morgan fingerprint density at radius 2 is 0.520 bits per heavy atom. The highest BCUT2D eigenvalue weighted by molar-refractivity contribution is 7.47. The molecule has 0 spiro atoms. The molecule has 582 valence electrons. The number of carbonyl (C=O) groups is 4. The molecule has 0 amide bonds. The standard InChI is InChI=1S/C79H154O17P2/c1-8-10-11-12-13-14-15-16-21-26-32-41-48-55-62-78(83)96-75(67-90-77(82)61-54-47-40-35-34-38-45-52-59-72(7)9-2)69-94-98(87,88)92-65-73(80)64-91-97(85,86)93-68-74(66-89-76(81)60-53-46-39-31-28-23-25-30-37-44-51-58-71(5)6)95-79(84)63-56-49-42-33-27-22-19-17-18-20-24-29-36-43-50-57-70(3)4/h70-75,80H,8-69H2,1-7H3,(H,85,86)(H,87,88)/t72?,73-,74-,75-/m1/s1. The first-order valence-electron chi connectivity index (χ1n) is 40.9. The predicted octanol–water partition coefficient (Wildman–Crippen LogP) is 23.4. The number of phosphoric acid groups is 2. The third-order valence-corrected chi connectivity index (χ3v) is 20.6. The second-order valence-electron chi connectivity index (χ2n) is 29.6. The zero-order chi connectivity index (χ0) is 72.3. The fourth-order valence-electron chi connectivity index (χ4n) is 12.1. The van der Waals surface area contributed by atoms with Crippen molar-refractivity contribution in [3.63, 3.8) is 0 Å². The Hall–Kier alpha value is -1.94. The first-order chi connectivity index (χ1) is 47.3. The van der Waals surface area contributed by atoms with Crippen LogP contribution in [0, 0.1) is 17.8 Å². The van der Waals surface area contributed by atoms with Gasteiger partial charge in [-0.15, -0.1) is 0 Å². The molecular weight excluding hydrogens is 1280 g/mol. The van der Waals surface area contributed by atoms with Crippen molar-refractivity contribution in [3.8, 4) is 0 Å². The number of ether oxygens (including phenoxy) is 4. The van der Waals surface area contributed by atoms with Crippen molar-refractivity contribution >= 4 is 39.5 Å². The molecule has 0 aromatic carbocycles. The molecule has 19 heteroatoms. The number of aliphatic hydroxyl groups excluding tert-OH is 1. The summed E-state index contributed by atoms with van der Waals surface area (Å²) in [7, 11) is -9.92. The average Bonchev–Trinajstić information content (AvgIpc) is 1.02. The summed E-state index contributed by atoms with van der Waals surface area (Å²) in [5, 5.41) is 10.6. The Morgan fingerprint density at radius 1 is 0.296 bits per heavy atom. The number of unbranched alkanes of at least 4 members (excludes halogenated alkanes) is 44. The van der Waals surface area contributed by atoms with Crippen molar-refractivity contribution in [2.75, 3.05) is 39.6 Å². The van der Waals surface area contributed by atoms with Crippen LogP contribution in [0.25, 0.3) is 0 Å². The summed E-state index contributed by atoms with van der Waals surface area (Å²) in [6.45, 7) is 12.0. The lowest BCUT2D eigenvalue weighted by molar-refractivity contribution is -0.161. The molecule has 0 bridgehead atoms. The summed E-state index contributed by atoms with van der Waals surface area (Å²) < 4.78 is 68.7. The maximum atomic E-state index is 13.1. The van der Waals surface area contributed by atoms with Crippen LogP contribution in [-0.2, 0) is 65.4 Å². The molecule has 0 heterocycles. The van der Waals surface area contributed by atoms with Gasteiger partial charge in [0, 0.05) is 25.7 Å². The van der Waals surface area contributed by atoms with Gasteiger partial charge in [-0.25, -0.2) is 9.13 Å². The van der Waals surface area contributed by atoms with Gasteiger partial charge in [0.25, 0.3) is 0 Å². The Bertz CT molecular complexity index is 1910. The summed E-state index contributed by atoms with van der Waals surface area (Å²) in [5.74, 6) is 0.239. The number of phosphoric ester groups is 2. The van der Waals surface area contributed by atoms with E-state index in [0.29, 0.717) is 25.7 Å². The lowest BCUT2D eigenvalue weighted by Gasteiger charge is -2.21. The van der Waals surface area contributed by atoms with Gasteiger partial charge >= 0.3 is 39.5 Å². The minimum absolute atomic E-state index is 0.107. The maximum Gasteiger partial charge on any atom is 0.472 e. The molecule has 98 heavy (non-hydrogen) atoms. The molecule has 3 unspecified atom stereocenters. The lowest BCUT2D eigenvalue weighted by Crippen LogP contribution is -2.30. The van der Waals surface area contributed by atoms with Crippen LogP contribution in [0.4, 0.5) is 0 Å². The molecule has 17 nitrogen and oxygen atoms in total. The van der Waals surface area contributed by atoms with Crippen LogP contribution in [0.3, 0.4) is 0 Å². The van der Waals surface area contributed by atoms with E-state index in [0.717, 1.165) is 108 Å². The van der Waals surface area contributed by atoms with Crippen LogP contribution in [-0.4, -0.2) is 96.7 Å². The van der Waals surface area contributed by atoms with E-state index in [9.17, 15) is 43.2 Å². The Kier molecular flexibility index (Phi) is 68.1. The van der Waals surface area contributed by atoms with Gasteiger partial charge in [-0.1, -0.05) is 357 Å². The van der Waals surface area contributed by atoms with Crippen molar-refractivity contribution in [3.05, 3.63) is 0 Å². The molecule has 0 aromatic rings. The molecule has 0 aliphatic rings. The minimum atomic E-state index is -4.96. The quantitative estimate of drug-likeness (QED) is 0.0222. The molecule has 0 radical (unpaired) electrons. The molecule has 6 atom stereocenters. The van der Waals surface area contributed by atoms with Crippen LogP contribution in [0.15, 0.2) is 0 Å². The second kappa shape index (κ2) is 69.4. The lowest BCUT2D eigenvalue weighted by atomic mass is 9.99. The van der Waals surface area contributed by atoms with Crippen molar-refractivity contribution in [2.45, 2.75) is 426 Å². The molecule has 0 rings (SSSR count). The molecule has 0 fully saturated rings. The Labute approximate surface area is 600 Å². The maximum absolute atomic E-state index is 13.1. The summed E-state index contributed by atoms with van der Waals surface area (Å²) in [4.78, 5) is 73.0. The number of esters is 4. The number of hydrogen-bond donors (Lipinski definition) is 3. The topological polar surface area (TPSA) is 237 Å². The van der Waals surface area contributed by atoms with Crippen molar-refractivity contribution in [1.29, 1.82) is 0 Å². The fourth-order valence-corrected chi connectivity index (χ4v) is 13.7. The zero-order valence-corrected chi connectivity index (χ0v) is 66.0. The van der Waals surface area contributed by atoms with Crippen molar-refractivity contribution in [2.24, 2.45) is 17.8 Å². The number of hydrogen-bond acceptors (Lipinski definition) is 15. The zero-order valence-electron chi connectivity index (χ0n) is 64.3. The van der Waals surface area contributed by atoms with Gasteiger partial charge in [-0.3, -0.25) is 37.3 Å². The SMILES string of the molecule is CCCCCCCCCCCCCCCCC(=O)O[C@H](COC(=O)CCCCCCCCCCC(C)CC)COP(=O)(O)OC[C@H](O)COP(=O)(O)OC[C@@H](COC(=O)CCCCCCCCCCCCCC(C)C)OC(=O)CCCCCCCCCCCCCCCCCC(C)C. The van der Waals surface area contributed by atoms with E-state index in [-0.39, 0.29) is 25.7 Å². The third-order valence-electron chi connectivity index (χ3n) is 18.7. The van der Waals surface area contributed by atoms with Gasteiger partial charge in [0.2, 0.25) is 0 Å². The van der Waals surface area contributed by atoms with E-state index in [1.54, 1.807) is 0 Å². The molecule has 0 saturated heterocycles. The van der Waals surface area contributed by atoms with Crippen LogP contribution in [0.1, 0.15) is 408 Å². The average molecular weight is 1440 g/mol. The number of carbonyl (C=O) groups excluding carboxylic acids is 4. The first-order valence-corrected chi connectivity index (χ1v) is 43.9. The highest BCUT2D eigenvalue weighted by atomic mass is 31.2. The largest absolute Gasteiger partial charge is 0.472 e. The normalized spacial score (nSPS) is 14.3. The Balaban J connectivity index is 5.27. The van der Waals surface area contributed by atoms with E-state index in [4.69, 9.17) is 37.0 Å². The van der Waals surface area contributed by atoms with Gasteiger partial charge in [0.15, 0.2) is 12.2 Å². The van der Waals surface area contributed by atoms with E-state index < -0.39 is 97.5 Å². The van der Waals surface area contributed by atoms with Gasteiger partial charge in [-0.2, -0.15) is 0 Å². The van der Waals surface area contributed by atoms with Crippen molar-refractivity contribution < 1.29 is 80.2 Å². The summed E-state index contributed by atoms with van der Waals surface area (Å²) in [6, 6.07) is 0. The predicted molar refractivity (Wildman–Crippen MR) is 400 cm³/mol. The summed E-state index contributed by atoms with van der Waals surface area (Å²) in [5.41, 5.74) is 0. The van der Waals surface area contributed by atoms with E-state index in [1.807, 2.05) is 0 Å². The van der Waals surface area contributed by atoms with Gasteiger partial charge in [0.05, 0.1) is 26.4 Å². The smallest absolute Gasteiger partial charge is 0.462 e. The van der Waals surface area contributed by atoms with Crippen LogP contribution >= 0.6 is 15.6 Å². The van der Waals surface area contributed by atoms with Gasteiger partial charge in [0.1, 0.15) is 19.3 Å². The summed E-state index contributed by atoms with van der Waals surface area (Å²) in [6.07, 6.45) is 56.7. The minimum Gasteiger partial charge on any atom is -0.462 e. The van der Waals surface area contributed by atoms with Crippen LogP contribution < -0.4 is 0 Å². The number of aliphatic hydroxyl groups is 1. The van der Waals surface area contributed by atoms with Gasteiger partial charge in [-0.05, 0) is 43.4 Å². The molecule has 0 aromatic heterocycles. The van der Waals surface area contributed by atoms with E-state index in [2.05, 4.69) is 48.5 Å². The molecular formula is C79H154O17P2. The first kappa shape index (κ1) is 96.1. The molecule has 0 aliphatic carbocycles. The molecule has 0 saturated carbocycles. The number of rotatable bonds is 77. The Morgan fingerprint density at radius 3 is 0.776 bits per heavy atom. The highest BCUT2D eigenvalue weighted by Crippen LogP contribution is 2.45.